The molecule has 0 spiro atoms. The zero-order valence-electron chi connectivity index (χ0n) is 26.2. The molecule has 9 nitrogen and oxygen atoms in total. The number of likely N-dealkylation sites (tertiary alicyclic amines) is 2. The number of aldehydes is 1. The van der Waals surface area contributed by atoms with Crippen molar-refractivity contribution in [2.75, 3.05) is 51.8 Å². The molecule has 0 unspecified atom stereocenters. The van der Waals surface area contributed by atoms with Gasteiger partial charge in [-0.15, -0.1) is 0 Å². The Hall–Kier alpha value is -4.83. The average Bonchev–Trinajstić information content (AvgIpc) is 3.65. The Balaban J connectivity index is 1.43. The number of anilines is 1. The number of carbonyl (C=O) groups is 3. The number of amides is 3. The van der Waals surface area contributed by atoms with Gasteiger partial charge in [0.2, 0.25) is 5.91 Å². The normalized spacial score (nSPS) is 21.6. The predicted molar refractivity (Wildman–Crippen MR) is 171 cm³/mol. The summed E-state index contributed by atoms with van der Waals surface area (Å²) in [4.78, 5) is 47.4. The van der Waals surface area contributed by atoms with Gasteiger partial charge in [0.05, 0.1) is 41.5 Å². The van der Waals surface area contributed by atoms with Gasteiger partial charge in [-0.05, 0) is 72.5 Å². The molecule has 2 heterocycles. The largest absolute Gasteiger partial charge is 0.330 e. The van der Waals surface area contributed by atoms with Crippen molar-refractivity contribution in [2.24, 2.45) is 11.8 Å². The van der Waals surface area contributed by atoms with E-state index in [0.29, 0.717) is 49.7 Å². The highest BCUT2D eigenvalue weighted by molar-refractivity contribution is 6.15. The van der Waals surface area contributed by atoms with Crippen molar-refractivity contribution in [1.29, 1.82) is 10.5 Å². The second-order valence-electron chi connectivity index (χ2n) is 12.5. The summed E-state index contributed by atoms with van der Waals surface area (Å²) in [6.45, 7) is 6.77. The molecule has 4 atom stereocenters. The minimum Gasteiger partial charge on any atom is -0.330 e. The minimum atomic E-state index is -0.513. The summed E-state index contributed by atoms with van der Waals surface area (Å²) in [5, 5.41) is 18.5. The first-order chi connectivity index (χ1) is 21.6. The summed E-state index contributed by atoms with van der Waals surface area (Å²) in [6.07, 6.45) is 1.02. The van der Waals surface area contributed by atoms with Crippen LogP contribution in [0.1, 0.15) is 45.2 Å². The lowest BCUT2D eigenvalue weighted by Gasteiger charge is -2.29. The minimum absolute atomic E-state index is 0.0161. The Labute approximate surface area is 264 Å². The Morgan fingerprint density at radius 1 is 0.800 bits per heavy atom. The zero-order valence-corrected chi connectivity index (χ0v) is 26.2. The Morgan fingerprint density at radius 2 is 1.31 bits per heavy atom. The molecule has 0 aliphatic carbocycles. The number of carbonyl (C=O) groups excluding carboxylic acids is 3. The van der Waals surface area contributed by atoms with Crippen molar-refractivity contribution in [2.45, 2.75) is 25.7 Å². The number of aryl methyl sites for hydroxylation is 2. The Morgan fingerprint density at radius 3 is 1.82 bits per heavy atom. The molecule has 3 aromatic rings. The second-order valence-corrected chi connectivity index (χ2v) is 12.5. The van der Waals surface area contributed by atoms with Crippen LogP contribution in [0.3, 0.4) is 0 Å². The fourth-order valence-electron chi connectivity index (χ4n) is 6.78. The third kappa shape index (κ3) is 6.81. The highest BCUT2D eigenvalue weighted by Gasteiger charge is 2.44. The standard InChI is InChI=1S/C36H38N6O3/c1-24-13-25(2)15-31(14-24)42(36(45)39(3)4)35(44)34-21-41(20-33(34)29-11-7-27(17-38)8-12-29)23-40-18-30(22-43)32(19-40)28-9-5-26(16-37)6-10-28/h5-15,22,30,32-34H,18-21,23H2,1-4H3/t30-,32+,33+,34+/m1/s1. The van der Waals surface area contributed by atoms with Crippen LogP contribution in [0.4, 0.5) is 10.5 Å². The van der Waals surface area contributed by atoms with Gasteiger partial charge < -0.3 is 9.69 Å². The molecule has 2 aliphatic rings. The SMILES string of the molecule is Cc1cc(C)cc(N(C(=O)[C@H]2CN(CN3C[C@H](C=O)[C@H](c4ccc(C#N)cc4)C3)C[C@H]2c2ccc(C#N)cc2)C(=O)N(C)C)c1. The number of nitriles is 2. The fourth-order valence-corrected chi connectivity index (χ4v) is 6.78. The van der Waals surface area contributed by atoms with Gasteiger partial charge in [-0.25, -0.2) is 9.69 Å². The molecule has 0 aromatic heterocycles. The zero-order chi connectivity index (χ0) is 32.2. The first-order valence-corrected chi connectivity index (χ1v) is 15.2. The molecule has 9 heteroatoms. The predicted octanol–water partition coefficient (Wildman–Crippen LogP) is 4.65. The van der Waals surface area contributed by atoms with E-state index in [-0.39, 0.29) is 23.7 Å². The highest BCUT2D eigenvalue weighted by Crippen LogP contribution is 2.38. The van der Waals surface area contributed by atoms with Crippen molar-refractivity contribution in [3.05, 3.63) is 100 Å². The quantitative estimate of drug-likeness (QED) is 0.362. The number of urea groups is 1. The third-order valence-corrected chi connectivity index (χ3v) is 8.92. The van der Waals surface area contributed by atoms with Gasteiger partial charge in [-0.3, -0.25) is 14.6 Å². The van der Waals surface area contributed by atoms with E-state index in [1.807, 2.05) is 56.3 Å². The van der Waals surface area contributed by atoms with Crippen LogP contribution in [0.5, 0.6) is 0 Å². The van der Waals surface area contributed by atoms with Crippen molar-refractivity contribution < 1.29 is 14.4 Å². The molecular formula is C36H38N6O3. The highest BCUT2D eigenvalue weighted by atomic mass is 16.2. The van der Waals surface area contributed by atoms with E-state index < -0.39 is 11.9 Å². The molecule has 3 amide bonds. The van der Waals surface area contributed by atoms with Crippen LogP contribution in [-0.2, 0) is 9.59 Å². The molecule has 0 saturated carbocycles. The lowest BCUT2D eigenvalue weighted by Crippen LogP contribution is -2.47. The Kier molecular flexibility index (Phi) is 9.43. The van der Waals surface area contributed by atoms with E-state index >= 15 is 0 Å². The molecule has 5 rings (SSSR count). The maximum atomic E-state index is 14.5. The van der Waals surface area contributed by atoms with E-state index in [1.165, 1.54) is 9.80 Å². The van der Waals surface area contributed by atoms with Crippen LogP contribution in [0, 0.1) is 48.3 Å². The number of hydrogen-bond acceptors (Lipinski definition) is 7. The number of imide groups is 1. The van der Waals surface area contributed by atoms with Crippen molar-refractivity contribution in [3.63, 3.8) is 0 Å². The monoisotopic (exact) mass is 602 g/mol. The fraction of sp³-hybridized carbons (Fsp3) is 0.361. The van der Waals surface area contributed by atoms with Crippen LogP contribution in [-0.4, -0.2) is 79.9 Å². The van der Waals surface area contributed by atoms with Crippen molar-refractivity contribution in [1.82, 2.24) is 14.7 Å². The Bertz CT molecular complexity index is 1630. The van der Waals surface area contributed by atoms with Crippen LogP contribution in [0.15, 0.2) is 66.7 Å². The van der Waals surface area contributed by atoms with Gasteiger partial charge in [0.25, 0.3) is 0 Å². The molecule has 0 N–H and O–H groups in total. The maximum Gasteiger partial charge on any atom is 0.330 e. The summed E-state index contributed by atoms with van der Waals surface area (Å²) < 4.78 is 0. The number of nitrogens with zero attached hydrogens (tertiary/aromatic N) is 6. The van der Waals surface area contributed by atoms with Crippen LogP contribution in [0.25, 0.3) is 0 Å². The summed E-state index contributed by atoms with van der Waals surface area (Å²) >= 11 is 0. The lowest BCUT2D eigenvalue weighted by atomic mass is 9.87. The van der Waals surface area contributed by atoms with E-state index in [1.54, 1.807) is 38.4 Å². The smallest absolute Gasteiger partial charge is 0.330 e. The van der Waals surface area contributed by atoms with Crippen LogP contribution < -0.4 is 4.90 Å². The number of benzene rings is 3. The number of hydrogen-bond donors (Lipinski definition) is 0. The number of rotatable bonds is 7. The average molecular weight is 603 g/mol. The molecule has 0 radical (unpaired) electrons. The lowest BCUT2D eigenvalue weighted by molar-refractivity contribution is -0.121. The molecule has 3 aromatic carbocycles. The molecule has 2 saturated heterocycles. The summed E-state index contributed by atoms with van der Waals surface area (Å²) in [5.41, 5.74) is 5.57. The molecule has 0 bridgehead atoms. The van der Waals surface area contributed by atoms with Crippen molar-refractivity contribution in [3.8, 4) is 12.1 Å². The maximum absolute atomic E-state index is 14.5. The molecule has 230 valence electrons. The van der Waals surface area contributed by atoms with Gasteiger partial charge in [0.15, 0.2) is 0 Å². The van der Waals surface area contributed by atoms with Gasteiger partial charge in [-0.1, -0.05) is 30.3 Å². The summed E-state index contributed by atoms with van der Waals surface area (Å²) in [7, 11) is 3.29. The molecule has 2 fully saturated rings. The van der Waals surface area contributed by atoms with E-state index in [0.717, 1.165) is 28.5 Å². The first kappa shape index (κ1) is 31.6. The summed E-state index contributed by atoms with van der Waals surface area (Å²) in [5.74, 6) is -1.14. The van der Waals surface area contributed by atoms with Gasteiger partial charge in [0, 0.05) is 58.0 Å². The topological polar surface area (TPSA) is 112 Å². The molecule has 45 heavy (non-hydrogen) atoms. The second kappa shape index (κ2) is 13.4. The van der Waals surface area contributed by atoms with Crippen molar-refractivity contribution >= 4 is 23.9 Å². The third-order valence-electron chi connectivity index (χ3n) is 8.92. The van der Waals surface area contributed by atoms with E-state index in [4.69, 9.17) is 0 Å². The van der Waals surface area contributed by atoms with E-state index in [2.05, 4.69) is 21.9 Å². The van der Waals surface area contributed by atoms with Crippen LogP contribution in [0.2, 0.25) is 0 Å². The van der Waals surface area contributed by atoms with Gasteiger partial charge in [0.1, 0.15) is 6.29 Å². The van der Waals surface area contributed by atoms with Crippen LogP contribution >= 0.6 is 0 Å². The molecule has 2 aliphatic heterocycles. The summed E-state index contributed by atoms with van der Waals surface area (Å²) in [6, 6.07) is 24.4. The van der Waals surface area contributed by atoms with Gasteiger partial charge >= 0.3 is 6.03 Å². The first-order valence-electron chi connectivity index (χ1n) is 15.2. The van der Waals surface area contributed by atoms with E-state index in [9.17, 15) is 24.9 Å². The van der Waals surface area contributed by atoms with Gasteiger partial charge in [-0.2, -0.15) is 10.5 Å². The molecular weight excluding hydrogens is 564 g/mol.